The Bertz CT molecular complexity index is 921. The number of aryl methyl sites for hydroxylation is 1. The lowest BCUT2D eigenvalue weighted by Crippen LogP contribution is -2.41. The van der Waals surface area contributed by atoms with E-state index in [4.69, 9.17) is 0 Å². The number of hydrogen-bond acceptors (Lipinski definition) is 3. The van der Waals surface area contributed by atoms with Crippen LogP contribution in [0.5, 0.6) is 0 Å². The second-order valence-electron chi connectivity index (χ2n) is 7.86. The molecule has 0 amide bonds. The molecule has 1 saturated carbocycles. The van der Waals surface area contributed by atoms with E-state index in [1.165, 1.54) is 18.9 Å². The van der Waals surface area contributed by atoms with Crippen molar-refractivity contribution in [2.45, 2.75) is 50.8 Å². The van der Waals surface area contributed by atoms with Crippen molar-refractivity contribution < 1.29 is 12.8 Å². The van der Waals surface area contributed by atoms with Gasteiger partial charge in [-0.3, -0.25) is 0 Å². The number of benzene rings is 1. The van der Waals surface area contributed by atoms with E-state index in [9.17, 15) is 12.8 Å². The third kappa shape index (κ3) is 4.09. The highest BCUT2D eigenvalue weighted by Gasteiger charge is 2.32. The minimum absolute atomic E-state index is 0.237. The summed E-state index contributed by atoms with van der Waals surface area (Å²) in [5.74, 6) is 1.25. The molecular weight excluding hydrogens is 365 g/mol. The van der Waals surface area contributed by atoms with E-state index in [0.717, 1.165) is 30.9 Å². The monoisotopic (exact) mass is 391 g/mol. The minimum atomic E-state index is -3.53. The van der Waals surface area contributed by atoms with Crippen molar-refractivity contribution in [3.8, 4) is 0 Å². The first-order valence-corrected chi connectivity index (χ1v) is 11.3. The average Bonchev–Trinajstić information content (AvgIpc) is 3.42. The number of nitrogens with zero attached hydrogens (tertiary/aromatic N) is 3. The predicted molar refractivity (Wildman–Crippen MR) is 102 cm³/mol. The Balaban J connectivity index is 1.46. The van der Waals surface area contributed by atoms with Crippen molar-refractivity contribution in [3.63, 3.8) is 0 Å². The van der Waals surface area contributed by atoms with Crippen LogP contribution in [0.1, 0.15) is 48.7 Å². The van der Waals surface area contributed by atoms with Gasteiger partial charge in [-0.05, 0) is 44.6 Å². The molecule has 0 spiro atoms. The van der Waals surface area contributed by atoms with Crippen molar-refractivity contribution in [1.82, 2.24) is 13.9 Å². The van der Waals surface area contributed by atoms with Crippen molar-refractivity contribution in [2.24, 2.45) is 5.92 Å². The number of sulfonamides is 1. The molecule has 0 radical (unpaired) electrons. The van der Waals surface area contributed by atoms with E-state index in [1.807, 2.05) is 6.20 Å². The normalized spacial score (nSPS) is 21.5. The average molecular weight is 392 g/mol. The van der Waals surface area contributed by atoms with E-state index >= 15 is 0 Å². The lowest BCUT2D eigenvalue weighted by atomic mass is 9.99. The summed E-state index contributed by atoms with van der Waals surface area (Å²) in [5.41, 5.74) is 1.38. The summed E-state index contributed by atoms with van der Waals surface area (Å²) in [7, 11) is -3.53. The molecule has 2 fully saturated rings. The molecule has 1 aliphatic heterocycles. The van der Waals surface area contributed by atoms with Gasteiger partial charge < -0.3 is 4.57 Å². The molecule has 1 aromatic heterocycles. The van der Waals surface area contributed by atoms with Gasteiger partial charge in [0.2, 0.25) is 10.0 Å². The second kappa shape index (κ2) is 7.36. The summed E-state index contributed by atoms with van der Waals surface area (Å²) < 4.78 is 43.4. The molecular formula is C20H26FN3O2S. The molecule has 27 heavy (non-hydrogen) atoms. The summed E-state index contributed by atoms with van der Waals surface area (Å²) >= 11 is 0. The van der Waals surface area contributed by atoms with E-state index in [1.54, 1.807) is 22.5 Å². The lowest BCUT2D eigenvalue weighted by molar-refractivity contribution is 0.242. The highest BCUT2D eigenvalue weighted by atomic mass is 32.2. The summed E-state index contributed by atoms with van der Waals surface area (Å²) in [6.45, 7) is 3.89. The van der Waals surface area contributed by atoms with E-state index in [-0.39, 0.29) is 17.2 Å². The van der Waals surface area contributed by atoms with Crippen molar-refractivity contribution in [1.29, 1.82) is 0 Å². The van der Waals surface area contributed by atoms with Crippen LogP contribution in [0.3, 0.4) is 0 Å². The number of piperidine rings is 1. The number of aromatic nitrogens is 2. The summed E-state index contributed by atoms with van der Waals surface area (Å²) in [6.07, 6.45) is 6.17. The van der Waals surface area contributed by atoms with Crippen molar-refractivity contribution in [2.75, 3.05) is 13.1 Å². The standard InChI is InChI=1S/C20H26FN3O2S/c1-15-11-22-20(17-8-9-17)24(15)13-16-5-4-10-23(12-16)27(25,26)14-18-6-2-3-7-19(18)21/h2-3,6-7,11,16-17H,4-5,8-10,12-14H2,1H3. The maximum Gasteiger partial charge on any atom is 0.218 e. The van der Waals surface area contributed by atoms with E-state index < -0.39 is 15.8 Å². The third-order valence-corrected chi connectivity index (χ3v) is 7.43. The van der Waals surface area contributed by atoms with Crippen molar-refractivity contribution >= 4 is 10.0 Å². The predicted octanol–water partition coefficient (Wildman–Crippen LogP) is 3.45. The van der Waals surface area contributed by atoms with Crippen molar-refractivity contribution in [3.05, 3.63) is 53.4 Å². The first-order chi connectivity index (χ1) is 12.9. The van der Waals surface area contributed by atoms with Gasteiger partial charge in [0.1, 0.15) is 11.6 Å². The van der Waals surface area contributed by atoms with Crippen LogP contribution < -0.4 is 0 Å². The molecule has 146 valence electrons. The summed E-state index contributed by atoms with van der Waals surface area (Å²) in [5, 5.41) is 0. The van der Waals surface area contributed by atoms with Crippen LogP contribution in [0, 0.1) is 18.7 Å². The Morgan fingerprint density at radius 2 is 2.00 bits per heavy atom. The first-order valence-electron chi connectivity index (χ1n) is 9.67. The van der Waals surface area contributed by atoms with Gasteiger partial charge >= 0.3 is 0 Å². The molecule has 2 aromatic rings. The zero-order valence-corrected chi connectivity index (χ0v) is 16.5. The number of imidazole rings is 1. The first kappa shape index (κ1) is 18.6. The van der Waals surface area contributed by atoms with Crippen LogP contribution in [0.15, 0.2) is 30.5 Å². The molecule has 4 rings (SSSR count). The zero-order valence-electron chi connectivity index (χ0n) is 15.6. The third-order valence-electron chi connectivity index (χ3n) is 5.64. The molecule has 5 nitrogen and oxygen atoms in total. The van der Waals surface area contributed by atoms with Crippen LogP contribution in [0.2, 0.25) is 0 Å². The SMILES string of the molecule is Cc1cnc(C2CC2)n1CC1CCCN(S(=O)(=O)Cc2ccccc2F)C1. The Morgan fingerprint density at radius 3 is 2.74 bits per heavy atom. The van der Waals surface area contributed by atoms with Gasteiger partial charge in [-0.15, -0.1) is 0 Å². The second-order valence-corrected chi connectivity index (χ2v) is 9.83. The minimum Gasteiger partial charge on any atom is -0.332 e. The van der Waals surface area contributed by atoms with Gasteiger partial charge in [0.15, 0.2) is 0 Å². The van der Waals surface area contributed by atoms with Crippen LogP contribution in [0.4, 0.5) is 4.39 Å². The van der Waals surface area contributed by atoms with E-state index in [2.05, 4.69) is 16.5 Å². The molecule has 1 unspecified atom stereocenters. The zero-order chi connectivity index (χ0) is 19.0. The highest BCUT2D eigenvalue weighted by molar-refractivity contribution is 7.88. The smallest absolute Gasteiger partial charge is 0.218 e. The van der Waals surface area contributed by atoms with Gasteiger partial charge in [-0.2, -0.15) is 0 Å². The number of rotatable bonds is 6. The van der Waals surface area contributed by atoms with Gasteiger partial charge in [0.05, 0.1) is 5.75 Å². The fourth-order valence-electron chi connectivity index (χ4n) is 3.97. The fraction of sp³-hybridized carbons (Fsp3) is 0.550. The highest BCUT2D eigenvalue weighted by Crippen LogP contribution is 2.40. The van der Waals surface area contributed by atoms with Gasteiger partial charge in [0.25, 0.3) is 0 Å². The quantitative estimate of drug-likeness (QED) is 0.758. The van der Waals surface area contributed by atoms with Crippen LogP contribution in [0.25, 0.3) is 0 Å². The molecule has 1 aliphatic carbocycles. The maximum absolute atomic E-state index is 13.9. The van der Waals surface area contributed by atoms with Gasteiger partial charge in [0, 0.05) is 43.0 Å². The van der Waals surface area contributed by atoms with Crippen LogP contribution in [-0.2, 0) is 22.3 Å². The van der Waals surface area contributed by atoms with Crippen LogP contribution >= 0.6 is 0 Å². The number of hydrogen-bond donors (Lipinski definition) is 0. The molecule has 0 bridgehead atoms. The van der Waals surface area contributed by atoms with Crippen LogP contribution in [-0.4, -0.2) is 35.4 Å². The molecule has 1 atom stereocenters. The molecule has 0 N–H and O–H groups in total. The molecule has 2 aliphatic rings. The summed E-state index contributed by atoms with van der Waals surface area (Å²) in [4.78, 5) is 4.57. The largest absolute Gasteiger partial charge is 0.332 e. The molecule has 1 saturated heterocycles. The topological polar surface area (TPSA) is 55.2 Å². The number of halogens is 1. The molecule has 1 aromatic carbocycles. The Kier molecular flexibility index (Phi) is 5.07. The fourth-order valence-corrected chi connectivity index (χ4v) is 5.63. The summed E-state index contributed by atoms with van der Waals surface area (Å²) in [6, 6.07) is 6.11. The van der Waals surface area contributed by atoms with Gasteiger partial charge in [-0.1, -0.05) is 18.2 Å². The lowest BCUT2D eigenvalue weighted by Gasteiger charge is -2.32. The molecule has 2 heterocycles. The Labute approximate surface area is 160 Å². The Morgan fingerprint density at radius 1 is 1.22 bits per heavy atom. The molecule has 7 heteroatoms. The Hall–Kier alpha value is -1.73. The van der Waals surface area contributed by atoms with Gasteiger partial charge in [-0.25, -0.2) is 22.1 Å². The maximum atomic E-state index is 13.9. The van der Waals surface area contributed by atoms with E-state index in [0.29, 0.717) is 19.0 Å².